The predicted molar refractivity (Wildman–Crippen MR) is 132 cm³/mol. The number of ether oxygens (including phenoxy) is 1. The lowest BCUT2D eigenvalue weighted by Crippen LogP contribution is -1.97. The highest BCUT2D eigenvalue weighted by Crippen LogP contribution is 2.30. The van der Waals surface area contributed by atoms with Crippen LogP contribution in [0.5, 0.6) is 5.75 Å². The van der Waals surface area contributed by atoms with Crippen molar-refractivity contribution in [1.29, 1.82) is 5.26 Å². The highest BCUT2D eigenvalue weighted by molar-refractivity contribution is 9.10. The van der Waals surface area contributed by atoms with Crippen molar-refractivity contribution >= 4 is 61.6 Å². The fraction of sp³-hybridized carbons (Fsp3) is 0.0385. The van der Waals surface area contributed by atoms with Gasteiger partial charge in [0, 0.05) is 15.6 Å². The van der Waals surface area contributed by atoms with E-state index < -0.39 is 0 Å². The molecule has 152 valence electrons. The molecule has 0 heterocycles. The Morgan fingerprint density at radius 1 is 0.935 bits per heavy atom. The third kappa shape index (κ3) is 5.11. The minimum absolute atomic E-state index is 0.324. The molecule has 0 aliphatic rings. The quantitative estimate of drug-likeness (QED) is 0.200. The zero-order valence-corrected chi connectivity index (χ0v) is 19.4. The molecule has 0 aliphatic heterocycles. The third-order valence-corrected chi connectivity index (χ3v) is 6.05. The first-order valence-corrected chi connectivity index (χ1v) is 11.1. The summed E-state index contributed by atoms with van der Waals surface area (Å²) >= 11 is 15.7. The zero-order chi connectivity index (χ0) is 21.8. The van der Waals surface area contributed by atoms with Crippen LogP contribution in [-0.4, -0.2) is 0 Å². The van der Waals surface area contributed by atoms with Crippen LogP contribution in [0, 0.1) is 11.3 Å². The molecule has 0 radical (unpaired) electrons. The van der Waals surface area contributed by atoms with E-state index >= 15 is 0 Å². The van der Waals surface area contributed by atoms with Gasteiger partial charge in [0.05, 0.1) is 16.1 Å². The molecule has 0 saturated carbocycles. The standard InChI is InChI=1S/C26H16BrCl2NO/c27-24-12-17(5-10-26(24)31-16-21-8-9-23(28)14-25(21)29)11-22(15-30)20-7-6-18-3-1-2-4-19(18)13-20/h1-14H,16H2/b22-11-. The molecule has 0 spiro atoms. The second-order valence-corrected chi connectivity index (χ2v) is 8.64. The Morgan fingerprint density at radius 2 is 1.74 bits per heavy atom. The molecule has 0 bridgehead atoms. The first kappa shape index (κ1) is 21.5. The number of allylic oxidation sites excluding steroid dienone is 1. The molecule has 0 fully saturated rings. The summed E-state index contributed by atoms with van der Waals surface area (Å²) in [5.41, 5.74) is 3.23. The lowest BCUT2D eigenvalue weighted by Gasteiger charge is -2.10. The van der Waals surface area contributed by atoms with Gasteiger partial charge in [-0.3, -0.25) is 0 Å². The normalized spacial score (nSPS) is 11.4. The molecular weight excluding hydrogens is 493 g/mol. The molecule has 4 aromatic carbocycles. The average Bonchev–Trinajstić information content (AvgIpc) is 2.77. The largest absolute Gasteiger partial charge is 0.488 e. The molecule has 31 heavy (non-hydrogen) atoms. The maximum Gasteiger partial charge on any atom is 0.134 e. The van der Waals surface area contributed by atoms with Crippen LogP contribution >= 0.6 is 39.1 Å². The van der Waals surface area contributed by atoms with Crippen LogP contribution in [-0.2, 0) is 6.61 Å². The Balaban J connectivity index is 1.55. The summed E-state index contributed by atoms with van der Waals surface area (Å²) in [6, 6.07) is 27.5. The minimum atomic E-state index is 0.324. The van der Waals surface area contributed by atoms with Crippen LogP contribution in [0.2, 0.25) is 10.0 Å². The van der Waals surface area contributed by atoms with Gasteiger partial charge >= 0.3 is 0 Å². The molecule has 5 heteroatoms. The van der Waals surface area contributed by atoms with Gasteiger partial charge in [0.2, 0.25) is 0 Å². The molecule has 0 aromatic heterocycles. The van der Waals surface area contributed by atoms with Gasteiger partial charge < -0.3 is 4.74 Å². The summed E-state index contributed by atoms with van der Waals surface area (Å²) in [6.07, 6.45) is 1.87. The molecule has 2 nitrogen and oxygen atoms in total. The topological polar surface area (TPSA) is 33.0 Å². The van der Waals surface area contributed by atoms with Crippen molar-refractivity contribution in [2.45, 2.75) is 6.61 Å². The number of rotatable bonds is 5. The van der Waals surface area contributed by atoms with E-state index in [0.29, 0.717) is 28.0 Å². The second kappa shape index (κ2) is 9.58. The second-order valence-electron chi connectivity index (χ2n) is 6.95. The SMILES string of the molecule is N#C/C(=C/c1ccc(OCc2ccc(Cl)cc2Cl)c(Br)c1)c1ccc2ccccc2c1. The lowest BCUT2D eigenvalue weighted by atomic mass is 10.0. The summed E-state index contributed by atoms with van der Waals surface area (Å²) in [4.78, 5) is 0. The monoisotopic (exact) mass is 507 g/mol. The molecular formula is C26H16BrCl2NO. The smallest absolute Gasteiger partial charge is 0.134 e. The molecule has 4 rings (SSSR count). The zero-order valence-electron chi connectivity index (χ0n) is 16.3. The van der Waals surface area contributed by atoms with E-state index in [-0.39, 0.29) is 0 Å². The number of hydrogen-bond donors (Lipinski definition) is 0. The van der Waals surface area contributed by atoms with E-state index in [2.05, 4.69) is 28.1 Å². The van der Waals surface area contributed by atoms with E-state index in [9.17, 15) is 5.26 Å². The van der Waals surface area contributed by atoms with Crippen molar-refractivity contribution in [2.75, 3.05) is 0 Å². The summed E-state index contributed by atoms with van der Waals surface area (Å²) in [7, 11) is 0. The van der Waals surface area contributed by atoms with Crippen molar-refractivity contribution in [3.8, 4) is 11.8 Å². The van der Waals surface area contributed by atoms with Gasteiger partial charge in [-0.15, -0.1) is 0 Å². The lowest BCUT2D eigenvalue weighted by molar-refractivity contribution is 0.304. The molecule has 0 unspecified atom stereocenters. The van der Waals surface area contributed by atoms with Gasteiger partial charge in [-0.2, -0.15) is 5.26 Å². The Kier molecular flexibility index (Phi) is 6.63. The van der Waals surface area contributed by atoms with Crippen LogP contribution in [0.25, 0.3) is 22.4 Å². The fourth-order valence-electron chi connectivity index (χ4n) is 3.22. The number of halogens is 3. The van der Waals surface area contributed by atoms with Gasteiger partial charge in [-0.05, 0) is 74.2 Å². The van der Waals surface area contributed by atoms with Crippen LogP contribution in [0.15, 0.2) is 83.3 Å². The van der Waals surface area contributed by atoms with Crippen LogP contribution in [0.1, 0.15) is 16.7 Å². The first-order valence-electron chi connectivity index (χ1n) is 9.51. The van der Waals surface area contributed by atoms with Crippen molar-refractivity contribution in [3.05, 3.63) is 110 Å². The maximum absolute atomic E-state index is 9.72. The van der Waals surface area contributed by atoms with Crippen molar-refractivity contribution in [1.82, 2.24) is 0 Å². The molecule has 4 aromatic rings. The Hall–Kier alpha value is -2.77. The molecule has 0 N–H and O–H groups in total. The van der Waals surface area contributed by atoms with Crippen LogP contribution in [0.3, 0.4) is 0 Å². The van der Waals surface area contributed by atoms with Crippen LogP contribution < -0.4 is 4.74 Å². The Bertz CT molecular complexity index is 1340. The van der Waals surface area contributed by atoms with Gasteiger partial charge in [0.25, 0.3) is 0 Å². The van der Waals surface area contributed by atoms with E-state index in [0.717, 1.165) is 31.9 Å². The average molecular weight is 509 g/mol. The molecule has 0 amide bonds. The van der Waals surface area contributed by atoms with E-state index in [1.54, 1.807) is 12.1 Å². The third-order valence-electron chi connectivity index (χ3n) is 4.85. The van der Waals surface area contributed by atoms with Gasteiger partial charge in [-0.1, -0.05) is 71.7 Å². The van der Waals surface area contributed by atoms with Crippen molar-refractivity contribution in [2.24, 2.45) is 0 Å². The Labute approximate surface area is 199 Å². The highest BCUT2D eigenvalue weighted by Gasteiger charge is 2.08. The van der Waals surface area contributed by atoms with Crippen molar-refractivity contribution < 1.29 is 4.74 Å². The van der Waals surface area contributed by atoms with E-state index in [4.69, 9.17) is 27.9 Å². The maximum atomic E-state index is 9.72. The molecule has 0 aliphatic carbocycles. The fourth-order valence-corrected chi connectivity index (χ4v) is 4.20. The van der Waals surface area contributed by atoms with E-state index in [1.807, 2.05) is 66.7 Å². The van der Waals surface area contributed by atoms with E-state index in [1.165, 1.54) is 0 Å². The number of fused-ring (bicyclic) bond motifs is 1. The summed E-state index contributed by atoms with van der Waals surface area (Å²) < 4.78 is 6.70. The number of nitrogens with zero attached hydrogens (tertiary/aromatic N) is 1. The molecule has 0 atom stereocenters. The highest BCUT2D eigenvalue weighted by atomic mass is 79.9. The number of hydrogen-bond acceptors (Lipinski definition) is 2. The van der Waals surface area contributed by atoms with Gasteiger partial charge in [-0.25, -0.2) is 0 Å². The molecule has 0 saturated heterocycles. The van der Waals surface area contributed by atoms with Gasteiger partial charge in [0.15, 0.2) is 0 Å². The summed E-state index contributed by atoms with van der Waals surface area (Å²) in [6.45, 7) is 0.324. The number of benzene rings is 4. The minimum Gasteiger partial charge on any atom is -0.488 e. The summed E-state index contributed by atoms with van der Waals surface area (Å²) in [5.74, 6) is 0.687. The number of nitriles is 1. The van der Waals surface area contributed by atoms with Crippen LogP contribution in [0.4, 0.5) is 0 Å². The predicted octanol–water partition coefficient (Wildman–Crippen LogP) is 8.55. The summed E-state index contributed by atoms with van der Waals surface area (Å²) in [5, 5.41) is 13.1. The van der Waals surface area contributed by atoms with Gasteiger partial charge in [0.1, 0.15) is 12.4 Å². The Morgan fingerprint density at radius 3 is 2.48 bits per heavy atom. The van der Waals surface area contributed by atoms with Crippen molar-refractivity contribution in [3.63, 3.8) is 0 Å². The first-order chi connectivity index (χ1) is 15.0.